The molecule has 1 aliphatic rings. The van der Waals surface area contributed by atoms with E-state index in [4.69, 9.17) is 28.5 Å². The summed E-state index contributed by atoms with van der Waals surface area (Å²) >= 11 is 0. The standard InChI is InChI=1S/C17H30N2O11/c1-5-27-19-12-15(13(22)9(7-20)28-17(12)26-4)30-11(6-18-2)29-14(16(23)24)10(8-21)25-3/h6,8-15,17,19-20,22H,5,7H2,1-4H3,(H,23,24). The van der Waals surface area contributed by atoms with Crippen LogP contribution in [0, 0.1) is 0 Å². The fraction of sp³-hybridized carbons (Fsp3) is 0.824. The number of rotatable bonds is 14. The molecule has 1 aliphatic heterocycles. The van der Waals surface area contributed by atoms with Gasteiger partial charge in [0, 0.05) is 21.3 Å². The molecule has 1 heterocycles. The fourth-order valence-electron chi connectivity index (χ4n) is 2.79. The summed E-state index contributed by atoms with van der Waals surface area (Å²) in [4.78, 5) is 31.6. The molecular weight excluding hydrogens is 408 g/mol. The lowest BCUT2D eigenvalue weighted by Crippen LogP contribution is -2.65. The van der Waals surface area contributed by atoms with E-state index in [9.17, 15) is 24.9 Å². The van der Waals surface area contributed by atoms with Crippen LogP contribution < -0.4 is 5.48 Å². The highest BCUT2D eigenvalue weighted by Crippen LogP contribution is 2.25. The molecule has 0 amide bonds. The molecule has 30 heavy (non-hydrogen) atoms. The third-order valence-corrected chi connectivity index (χ3v) is 4.24. The van der Waals surface area contributed by atoms with E-state index >= 15 is 0 Å². The summed E-state index contributed by atoms with van der Waals surface area (Å²) in [5.41, 5.74) is 2.65. The van der Waals surface area contributed by atoms with Crippen molar-refractivity contribution in [2.24, 2.45) is 4.99 Å². The van der Waals surface area contributed by atoms with E-state index in [1.807, 2.05) is 0 Å². The van der Waals surface area contributed by atoms with Crippen LogP contribution in [0.1, 0.15) is 6.92 Å². The van der Waals surface area contributed by atoms with Crippen molar-refractivity contribution >= 4 is 18.5 Å². The maximum absolute atomic E-state index is 11.5. The summed E-state index contributed by atoms with van der Waals surface area (Å²) in [7, 11) is 3.90. The number of hydrogen-bond donors (Lipinski definition) is 4. The van der Waals surface area contributed by atoms with Crippen LogP contribution in [0.2, 0.25) is 0 Å². The summed E-state index contributed by atoms with van der Waals surface area (Å²) in [6, 6.07) is -0.892. The lowest BCUT2D eigenvalue weighted by atomic mass is 9.97. The number of hydroxylamine groups is 1. The molecule has 0 bridgehead atoms. The van der Waals surface area contributed by atoms with Crippen molar-refractivity contribution in [3.8, 4) is 0 Å². The van der Waals surface area contributed by atoms with Gasteiger partial charge < -0.3 is 48.6 Å². The normalized spacial score (nSPS) is 30.1. The van der Waals surface area contributed by atoms with E-state index in [0.29, 0.717) is 0 Å². The van der Waals surface area contributed by atoms with Gasteiger partial charge in [0.15, 0.2) is 25.0 Å². The topological polar surface area (TPSA) is 175 Å². The summed E-state index contributed by atoms with van der Waals surface area (Å²) in [6.45, 7) is 1.45. The average Bonchev–Trinajstić information content (AvgIpc) is 2.73. The molecule has 0 aromatic rings. The summed E-state index contributed by atoms with van der Waals surface area (Å²) in [5.74, 6) is -1.47. The quantitative estimate of drug-likeness (QED) is 0.0991. The van der Waals surface area contributed by atoms with Crippen molar-refractivity contribution < 1.29 is 53.4 Å². The predicted octanol–water partition coefficient (Wildman–Crippen LogP) is -2.28. The predicted molar refractivity (Wildman–Crippen MR) is 99.8 cm³/mol. The number of carbonyl (C=O) groups is 2. The molecule has 13 heteroatoms. The Kier molecular flexibility index (Phi) is 12.1. The van der Waals surface area contributed by atoms with E-state index < -0.39 is 61.7 Å². The number of carboxylic acids is 1. The highest BCUT2D eigenvalue weighted by atomic mass is 16.7. The van der Waals surface area contributed by atoms with Gasteiger partial charge in [-0.1, -0.05) is 0 Å². The molecule has 13 nitrogen and oxygen atoms in total. The van der Waals surface area contributed by atoms with Gasteiger partial charge in [-0.05, 0) is 6.92 Å². The Balaban J connectivity index is 3.14. The highest BCUT2D eigenvalue weighted by molar-refractivity contribution is 5.79. The van der Waals surface area contributed by atoms with Gasteiger partial charge in [0.1, 0.15) is 30.5 Å². The van der Waals surface area contributed by atoms with Crippen molar-refractivity contribution in [3.05, 3.63) is 0 Å². The highest BCUT2D eigenvalue weighted by Gasteiger charge is 2.48. The number of carboxylic acid groups (broad SMARTS) is 1. The van der Waals surface area contributed by atoms with Gasteiger partial charge in [-0.15, -0.1) is 0 Å². The van der Waals surface area contributed by atoms with Crippen molar-refractivity contribution in [1.29, 1.82) is 0 Å². The molecule has 8 unspecified atom stereocenters. The smallest absolute Gasteiger partial charge is 0.336 e. The van der Waals surface area contributed by atoms with Crippen LogP contribution in [0.15, 0.2) is 4.99 Å². The summed E-state index contributed by atoms with van der Waals surface area (Å²) in [6.07, 6.45) is -7.67. The van der Waals surface area contributed by atoms with E-state index in [0.717, 1.165) is 13.3 Å². The second-order valence-electron chi connectivity index (χ2n) is 6.14. The van der Waals surface area contributed by atoms with Crippen LogP contribution in [-0.2, 0) is 38.1 Å². The van der Waals surface area contributed by atoms with Gasteiger partial charge in [-0.2, -0.15) is 5.48 Å². The van der Waals surface area contributed by atoms with Gasteiger partial charge >= 0.3 is 5.97 Å². The largest absolute Gasteiger partial charge is 0.479 e. The minimum absolute atomic E-state index is 0.269. The monoisotopic (exact) mass is 438 g/mol. The first kappa shape index (κ1) is 26.5. The summed E-state index contributed by atoms with van der Waals surface area (Å²) < 4.78 is 26.7. The van der Waals surface area contributed by atoms with Gasteiger partial charge in [-0.3, -0.25) is 4.99 Å². The van der Waals surface area contributed by atoms with Gasteiger partial charge in [0.2, 0.25) is 0 Å². The first-order valence-electron chi connectivity index (χ1n) is 9.16. The SMILES string of the molecule is CCONC1C(OC)OC(CO)C(O)C1OC(C=NC)OC(C(=O)O)C(C=O)OC. The Hall–Kier alpha value is -1.55. The van der Waals surface area contributed by atoms with Crippen LogP contribution in [0.5, 0.6) is 0 Å². The zero-order valence-corrected chi connectivity index (χ0v) is 17.2. The molecule has 174 valence electrons. The number of aliphatic carboxylic acids is 1. The molecule has 0 aliphatic carbocycles. The number of carbonyl (C=O) groups excluding carboxylic acids is 1. The maximum Gasteiger partial charge on any atom is 0.336 e. The second kappa shape index (κ2) is 13.7. The number of hydrogen-bond acceptors (Lipinski definition) is 12. The Morgan fingerprint density at radius 3 is 2.53 bits per heavy atom. The third kappa shape index (κ3) is 7.01. The lowest BCUT2D eigenvalue weighted by Gasteiger charge is -2.44. The van der Waals surface area contributed by atoms with Gasteiger partial charge in [-0.25, -0.2) is 4.79 Å². The zero-order valence-electron chi connectivity index (χ0n) is 17.2. The van der Waals surface area contributed by atoms with Crippen LogP contribution in [-0.4, -0.2) is 117 Å². The van der Waals surface area contributed by atoms with Crippen LogP contribution in [0.3, 0.4) is 0 Å². The Morgan fingerprint density at radius 1 is 1.37 bits per heavy atom. The molecule has 0 saturated carbocycles. The summed E-state index contributed by atoms with van der Waals surface area (Å²) in [5, 5.41) is 29.5. The Labute approximate surface area is 173 Å². The number of aliphatic imine (C=N–C) groups is 1. The van der Waals surface area contributed by atoms with Gasteiger partial charge in [0.05, 0.1) is 19.4 Å². The van der Waals surface area contributed by atoms with Crippen molar-refractivity contribution in [2.45, 2.75) is 56.1 Å². The maximum atomic E-state index is 11.5. The number of aldehydes is 1. The average molecular weight is 438 g/mol. The van der Waals surface area contributed by atoms with Crippen molar-refractivity contribution in [3.63, 3.8) is 0 Å². The number of nitrogens with one attached hydrogen (secondary N) is 1. The van der Waals surface area contributed by atoms with Crippen molar-refractivity contribution in [2.75, 3.05) is 34.5 Å². The number of methoxy groups -OCH3 is 2. The molecule has 0 radical (unpaired) electrons. The molecular formula is C17H30N2O11. The van der Waals surface area contributed by atoms with E-state index in [1.165, 1.54) is 14.2 Å². The van der Waals surface area contributed by atoms with Crippen molar-refractivity contribution in [1.82, 2.24) is 5.48 Å². The second-order valence-corrected chi connectivity index (χ2v) is 6.14. The first-order chi connectivity index (χ1) is 14.4. The minimum atomic E-state index is -1.71. The molecule has 0 aromatic heterocycles. The van der Waals surface area contributed by atoms with E-state index in [1.54, 1.807) is 6.92 Å². The molecule has 1 rings (SSSR count). The molecule has 0 aromatic carbocycles. The molecule has 1 saturated heterocycles. The Morgan fingerprint density at radius 2 is 2.07 bits per heavy atom. The van der Waals surface area contributed by atoms with Crippen LogP contribution >= 0.6 is 0 Å². The lowest BCUT2D eigenvalue weighted by molar-refractivity contribution is -0.302. The first-order valence-corrected chi connectivity index (χ1v) is 9.16. The molecule has 1 fully saturated rings. The number of ether oxygens (including phenoxy) is 5. The number of nitrogens with zero attached hydrogens (tertiary/aromatic N) is 1. The third-order valence-electron chi connectivity index (χ3n) is 4.24. The molecule has 0 spiro atoms. The van der Waals surface area contributed by atoms with Crippen LogP contribution in [0.4, 0.5) is 0 Å². The number of aliphatic hydroxyl groups is 2. The van der Waals surface area contributed by atoms with Gasteiger partial charge in [0.25, 0.3) is 0 Å². The molecule has 4 N–H and O–H groups in total. The zero-order chi connectivity index (χ0) is 22.7. The van der Waals surface area contributed by atoms with E-state index in [-0.39, 0.29) is 12.9 Å². The Bertz CT molecular complexity index is 550. The number of aliphatic hydroxyl groups excluding tert-OH is 2. The fourth-order valence-corrected chi connectivity index (χ4v) is 2.79. The van der Waals surface area contributed by atoms with E-state index in [2.05, 4.69) is 10.5 Å². The molecule has 8 atom stereocenters. The minimum Gasteiger partial charge on any atom is -0.479 e. The van der Waals surface area contributed by atoms with Crippen LogP contribution in [0.25, 0.3) is 0 Å².